The summed E-state index contributed by atoms with van der Waals surface area (Å²) in [6, 6.07) is 6.29. The van der Waals surface area contributed by atoms with Crippen molar-refractivity contribution < 1.29 is 13.2 Å². The summed E-state index contributed by atoms with van der Waals surface area (Å²) in [5, 5.41) is 0. The van der Waals surface area contributed by atoms with Gasteiger partial charge in [0.25, 0.3) is 0 Å². The van der Waals surface area contributed by atoms with Gasteiger partial charge in [-0.15, -0.1) is 0 Å². The van der Waals surface area contributed by atoms with Gasteiger partial charge in [0.1, 0.15) is 5.75 Å². The molecule has 20 heavy (non-hydrogen) atoms. The van der Waals surface area contributed by atoms with Crippen molar-refractivity contribution in [1.82, 2.24) is 9.97 Å². The Bertz CT molecular complexity index is 667. The van der Waals surface area contributed by atoms with Crippen LogP contribution < -0.4 is 10.5 Å². The Morgan fingerprint density at radius 2 is 1.75 bits per heavy atom. The van der Waals surface area contributed by atoms with Crippen LogP contribution in [0.2, 0.25) is 0 Å². The zero-order valence-corrected chi connectivity index (χ0v) is 11.8. The van der Waals surface area contributed by atoms with Crippen molar-refractivity contribution in [2.75, 3.05) is 12.8 Å². The smallest absolute Gasteiger partial charge is 0.321 e. The van der Waals surface area contributed by atoms with Gasteiger partial charge in [0.2, 0.25) is 0 Å². The molecule has 0 unspecified atom stereocenters. The fraction of sp³-hybridized carbons (Fsp3) is 0.231. The first-order valence-electron chi connectivity index (χ1n) is 5.98. The summed E-state index contributed by atoms with van der Waals surface area (Å²) in [6.45, 7) is 0.538. The lowest BCUT2D eigenvalue weighted by Crippen LogP contribution is -2.03. The van der Waals surface area contributed by atoms with Crippen molar-refractivity contribution in [3.8, 4) is 11.8 Å². The van der Waals surface area contributed by atoms with Crippen LogP contribution in [0.5, 0.6) is 11.8 Å². The zero-order valence-electron chi connectivity index (χ0n) is 11.0. The molecule has 0 amide bonds. The lowest BCUT2D eigenvalue weighted by Gasteiger charge is -2.05. The molecule has 2 aromatic rings. The van der Waals surface area contributed by atoms with Crippen LogP contribution in [0.1, 0.15) is 5.56 Å². The number of ether oxygens (including phenoxy) is 1. The van der Waals surface area contributed by atoms with Crippen molar-refractivity contribution in [2.45, 2.75) is 11.3 Å². The Hall–Kier alpha value is -1.99. The third-order valence-corrected chi connectivity index (χ3v) is 3.70. The maximum Gasteiger partial charge on any atom is 0.321 e. The van der Waals surface area contributed by atoms with Gasteiger partial charge in [0, 0.05) is 18.6 Å². The lowest BCUT2D eigenvalue weighted by molar-refractivity contribution is 0.440. The number of benzene rings is 1. The minimum absolute atomic E-state index is 0.206. The molecule has 0 bridgehead atoms. The topological polar surface area (TPSA) is 95.2 Å². The highest BCUT2D eigenvalue weighted by atomic mass is 32.2. The SMILES string of the molecule is CS(=O)(=O)c1ccc(Oc2ncc(CCN)cn2)cc1. The fourth-order valence-electron chi connectivity index (χ4n) is 1.55. The summed E-state index contributed by atoms with van der Waals surface area (Å²) in [6.07, 6.45) is 5.17. The number of sulfone groups is 1. The van der Waals surface area contributed by atoms with Gasteiger partial charge in [0.15, 0.2) is 9.84 Å². The molecule has 0 radical (unpaired) electrons. The van der Waals surface area contributed by atoms with Crippen LogP contribution in [-0.2, 0) is 16.3 Å². The first-order chi connectivity index (χ1) is 9.49. The standard InChI is InChI=1S/C13H15N3O3S/c1-20(17,18)12-4-2-11(3-5-12)19-13-15-8-10(6-7-14)9-16-13/h2-5,8-9H,6-7,14H2,1H3. The summed E-state index contributed by atoms with van der Waals surface area (Å²) in [7, 11) is -3.20. The van der Waals surface area contributed by atoms with Crippen molar-refractivity contribution >= 4 is 9.84 Å². The molecule has 1 aromatic heterocycles. The van der Waals surface area contributed by atoms with E-state index >= 15 is 0 Å². The molecule has 0 fully saturated rings. The molecule has 0 spiro atoms. The molecule has 6 nitrogen and oxygen atoms in total. The molecule has 2 N–H and O–H groups in total. The van der Waals surface area contributed by atoms with Crippen LogP contribution in [0, 0.1) is 0 Å². The molecule has 106 valence electrons. The molecular weight excluding hydrogens is 278 g/mol. The van der Waals surface area contributed by atoms with E-state index in [1.54, 1.807) is 24.5 Å². The van der Waals surface area contributed by atoms with E-state index in [1.807, 2.05) is 0 Å². The summed E-state index contributed by atoms with van der Waals surface area (Å²) in [5.74, 6) is 0.476. The van der Waals surface area contributed by atoms with Crippen molar-refractivity contribution in [3.05, 3.63) is 42.2 Å². The summed E-state index contributed by atoms with van der Waals surface area (Å²) < 4.78 is 28.1. The Balaban J connectivity index is 2.10. The van der Waals surface area contributed by atoms with E-state index < -0.39 is 9.84 Å². The van der Waals surface area contributed by atoms with E-state index in [1.165, 1.54) is 12.1 Å². The molecular formula is C13H15N3O3S. The van der Waals surface area contributed by atoms with Crippen LogP contribution in [-0.4, -0.2) is 31.2 Å². The highest BCUT2D eigenvalue weighted by Crippen LogP contribution is 2.20. The van der Waals surface area contributed by atoms with Gasteiger partial charge in [-0.3, -0.25) is 0 Å². The third kappa shape index (κ3) is 3.75. The molecule has 0 atom stereocenters. The predicted molar refractivity (Wildman–Crippen MR) is 74.4 cm³/mol. The Morgan fingerprint density at radius 3 is 2.25 bits per heavy atom. The molecule has 7 heteroatoms. The average Bonchev–Trinajstić information content (AvgIpc) is 2.41. The second kappa shape index (κ2) is 5.98. The minimum Gasteiger partial charge on any atom is -0.424 e. The average molecular weight is 293 g/mol. The first-order valence-corrected chi connectivity index (χ1v) is 7.87. The normalized spacial score (nSPS) is 11.3. The number of nitrogens with zero attached hydrogens (tertiary/aromatic N) is 2. The van der Waals surface area contributed by atoms with E-state index in [2.05, 4.69) is 9.97 Å². The second-order valence-electron chi connectivity index (χ2n) is 4.26. The van der Waals surface area contributed by atoms with Gasteiger partial charge in [0.05, 0.1) is 4.90 Å². The van der Waals surface area contributed by atoms with Gasteiger partial charge in [-0.2, -0.15) is 0 Å². The van der Waals surface area contributed by atoms with Crippen LogP contribution >= 0.6 is 0 Å². The van der Waals surface area contributed by atoms with Crippen molar-refractivity contribution in [2.24, 2.45) is 5.73 Å². The predicted octanol–water partition coefficient (Wildman–Crippen LogP) is 1.17. The molecule has 1 heterocycles. The third-order valence-electron chi connectivity index (χ3n) is 2.58. The van der Waals surface area contributed by atoms with E-state index in [4.69, 9.17) is 10.5 Å². The number of nitrogens with two attached hydrogens (primary N) is 1. The van der Waals surface area contributed by atoms with E-state index in [0.717, 1.165) is 11.8 Å². The van der Waals surface area contributed by atoms with Gasteiger partial charge < -0.3 is 10.5 Å². The zero-order chi connectivity index (χ0) is 14.6. The number of hydrogen-bond donors (Lipinski definition) is 1. The van der Waals surface area contributed by atoms with Gasteiger partial charge in [-0.1, -0.05) is 0 Å². The molecule has 1 aromatic carbocycles. The molecule has 0 saturated carbocycles. The van der Waals surface area contributed by atoms with Crippen molar-refractivity contribution in [3.63, 3.8) is 0 Å². The molecule has 0 aliphatic carbocycles. The van der Waals surface area contributed by atoms with Gasteiger partial charge in [-0.05, 0) is 42.8 Å². The minimum atomic E-state index is -3.20. The quantitative estimate of drug-likeness (QED) is 0.889. The highest BCUT2D eigenvalue weighted by Gasteiger charge is 2.07. The van der Waals surface area contributed by atoms with E-state index in [-0.39, 0.29) is 10.9 Å². The van der Waals surface area contributed by atoms with Gasteiger partial charge >= 0.3 is 6.01 Å². The molecule has 0 saturated heterocycles. The van der Waals surface area contributed by atoms with E-state index in [0.29, 0.717) is 18.7 Å². The van der Waals surface area contributed by atoms with Crippen LogP contribution in [0.4, 0.5) is 0 Å². The molecule has 0 aliphatic rings. The van der Waals surface area contributed by atoms with Crippen LogP contribution in [0.15, 0.2) is 41.6 Å². The monoisotopic (exact) mass is 293 g/mol. The number of aromatic nitrogens is 2. The summed E-state index contributed by atoms with van der Waals surface area (Å²) in [5.41, 5.74) is 6.37. The Labute approximate surface area is 117 Å². The summed E-state index contributed by atoms with van der Waals surface area (Å²) in [4.78, 5) is 8.35. The summed E-state index contributed by atoms with van der Waals surface area (Å²) >= 11 is 0. The fourth-order valence-corrected chi connectivity index (χ4v) is 2.18. The lowest BCUT2D eigenvalue weighted by atomic mass is 10.2. The largest absolute Gasteiger partial charge is 0.424 e. The van der Waals surface area contributed by atoms with E-state index in [9.17, 15) is 8.42 Å². The highest BCUT2D eigenvalue weighted by molar-refractivity contribution is 7.90. The van der Waals surface area contributed by atoms with Gasteiger partial charge in [-0.25, -0.2) is 18.4 Å². The maximum absolute atomic E-state index is 11.3. The number of hydrogen-bond acceptors (Lipinski definition) is 6. The number of rotatable bonds is 5. The first kappa shape index (κ1) is 14.4. The van der Waals surface area contributed by atoms with Crippen LogP contribution in [0.3, 0.4) is 0 Å². The van der Waals surface area contributed by atoms with Crippen LogP contribution in [0.25, 0.3) is 0 Å². The van der Waals surface area contributed by atoms with Crippen molar-refractivity contribution in [1.29, 1.82) is 0 Å². The Kier molecular flexibility index (Phi) is 4.31. The molecule has 0 aliphatic heterocycles. The Morgan fingerprint density at radius 1 is 1.15 bits per heavy atom. The maximum atomic E-state index is 11.3. The molecule has 2 rings (SSSR count). The second-order valence-corrected chi connectivity index (χ2v) is 6.27.